The molecule has 0 radical (unpaired) electrons. The Morgan fingerprint density at radius 3 is 2.67 bits per heavy atom. The van der Waals surface area contributed by atoms with E-state index in [1.807, 2.05) is 29.0 Å². The highest BCUT2D eigenvalue weighted by Gasteiger charge is 2.20. The second-order valence-electron chi connectivity index (χ2n) is 6.24. The van der Waals surface area contributed by atoms with Gasteiger partial charge in [0.25, 0.3) is 0 Å². The van der Waals surface area contributed by atoms with Crippen LogP contribution in [0.5, 0.6) is 0 Å². The van der Waals surface area contributed by atoms with Crippen LogP contribution in [0.1, 0.15) is 30.1 Å². The minimum Gasteiger partial charge on any atom is -0.455 e. The van der Waals surface area contributed by atoms with Crippen molar-refractivity contribution < 1.29 is 9.53 Å². The van der Waals surface area contributed by atoms with Gasteiger partial charge in [0.1, 0.15) is 6.10 Å². The molecule has 2 aromatic carbocycles. The van der Waals surface area contributed by atoms with Crippen LogP contribution in [-0.2, 0) is 22.5 Å². The zero-order valence-electron chi connectivity index (χ0n) is 14.7. The Morgan fingerprint density at radius 2 is 1.96 bits per heavy atom. The molecule has 1 aromatic heterocycles. The number of rotatable bonds is 8. The SMILES string of the molecule is O=C(CCCc1ccccc1)OC(Cn1ccnc1)c1ccc(Cl)cc1Cl. The summed E-state index contributed by atoms with van der Waals surface area (Å²) in [4.78, 5) is 16.4. The van der Waals surface area contributed by atoms with Crippen molar-refractivity contribution in [1.82, 2.24) is 9.55 Å². The van der Waals surface area contributed by atoms with Crippen LogP contribution in [0.15, 0.2) is 67.3 Å². The number of aryl methyl sites for hydroxylation is 1. The lowest BCUT2D eigenvalue weighted by Crippen LogP contribution is -2.17. The van der Waals surface area contributed by atoms with Gasteiger partial charge in [0.2, 0.25) is 0 Å². The first-order valence-electron chi connectivity index (χ1n) is 8.76. The summed E-state index contributed by atoms with van der Waals surface area (Å²) >= 11 is 12.3. The number of hydrogen-bond donors (Lipinski definition) is 0. The summed E-state index contributed by atoms with van der Waals surface area (Å²) in [5.74, 6) is -0.248. The van der Waals surface area contributed by atoms with E-state index >= 15 is 0 Å². The lowest BCUT2D eigenvalue weighted by molar-refractivity contribution is -0.150. The number of nitrogens with zero attached hydrogens (tertiary/aromatic N) is 2. The minimum absolute atomic E-state index is 0.248. The predicted molar refractivity (Wildman–Crippen MR) is 107 cm³/mol. The third-order valence-electron chi connectivity index (χ3n) is 4.21. The van der Waals surface area contributed by atoms with Crippen LogP contribution >= 0.6 is 23.2 Å². The Morgan fingerprint density at radius 1 is 1.15 bits per heavy atom. The minimum atomic E-state index is -0.506. The van der Waals surface area contributed by atoms with Crippen molar-refractivity contribution in [2.45, 2.75) is 31.9 Å². The van der Waals surface area contributed by atoms with Gasteiger partial charge in [-0.15, -0.1) is 0 Å². The first kappa shape index (κ1) is 19.5. The average Bonchev–Trinajstić information content (AvgIpc) is 3.15. The molecule has 0 bridgehead atoms. The van der Waals surface area contributed by atoms with Crippen LogP contribution in [0.25, 0.3) is 0 Å². The van der Waals surface area contributed by atoms with E-state index in [0.29, 0.717) is 23.0 Å². The van der Waals surface area contributed by atoms with Crippen LogP contribution in [0.2, 0.25) is 10.0 Å². The molecule has 0 saturated carbocycles. The molecule has 3 aromatic rings. The van der Waals surface area contributed by atoms with Gasteiger partial charge in [-0.3, -0.25) is 4.79 Å². The van der Waals surface area contributed by atoms with Crippen molar-refractivity contribution in [3.63, 3.8) is 0 Å². The van der Waals surface area contributed by atoms with Crippen LogP contribution < -0.4 is 0 Å². The Bertz CT molecular complexity index is 867. The molecule has 27 heavy (non-hydrogen) atoms. The maximum Gasteiger partial charge on any atom is 0.306 e. The van der Waals surface area contributed by atoms with E-state index in [1.165, 1.54) is 5.56 Å². The monoisotopic (exact) mass is 402 g/mol. The fourth-order valence-electron chi connectivity index (χ4n) is 2.85. The zero-order chi connectivity index (χ0) is 19.1. The lowest BCUT2D eigenvalue weighted by Gasteiger charge is -2.20. The fourth-order valence-corrected chi connectivity index (χ4v) is 3.38. The van der Waals surface area contributed by atoms with Crippen molar-refractivity contribution >= 4 is 29.2 Å². The molecule has 0 aliphatic heterocycles. The van der Waals surface area contributed by atoms with Gasteiger partial charge in [0.05, 0.1) is 12.9 Å². The number of imidazole rings is 1. The van der Waals surface area contributed by atoms with Crippen molar-refractivity contribution in [2.75, 3.05) is 0 Å². The second kappa shape index (κ2) is 9.58. The average molecular weight is 403 g/mol. The van der Waals surface area contributed by atoms with Gasteiger partial charge in [-0.05, 0) is 30.5 Å². The largest absolute Gasteiger partial charge is 0.455 e. The van der Waals surface area contributed by atoms with E-state index in [4.69, 9.17) is 27.9 Å². The molecule has 1 atom stereocenters. The smallest absolute Gasteiger partial charge is 0.306 e. The number of carbonyl (C=O) groups excluding carboxylic acids is 1. The first-order chi connectivity index (χ1) is 13.1. The Balaban J connectivity index is 1.64. The third-order valence-corrected chi connectivity index (χ3v) is 4.77. The third kappa shape index (κ3) is 5.84. The van der Waals surface area contributed by atoms with Crippen molar-refractivity contribution in [2.24, 2.45) is 0 Å². The summed E-state index contributed by atoms with van der Waals surface area (Å²) in [6, 6.07) is 15.3. The molecule has 0 fully saturated rings. The summed E-state index contributed by atoms with van der Waals surface area (Å²) in [6.45, 7) is 0.436. The number of carbonyl (C=O) groups is 1. The molecule has 0 saturated heterocycles. The summed E-state index contributed by atoms with van der Waals surface area (Å²) in [5, 5.41) is 1.02. The summed E-state index contributed by atoms with van der Waals surface area (Å²) in [7, 11) is 0. The molecule has 0 aliphatic carbocycles. The molecular formula is C21H20Cl2N2O2. The van der Waals surface area contributed by atoms with Gasteiger partial charge in [-0.25, -0.2) is 4.98 Å². The molecule has 0 N–H and O–H groups in total. The van der Waals surface area contributed by atoms with Crippen LogP contribution in [0.4, 0.5) is 0 Å². The van der Waals surface area contributed by atoms with Crippen LogP contribution in [-0.4, -0.2) is 15.5 Å². The van der Waals surface area contributed by atoms with Crippen molar-refractivity contribution in [3.05, 3.63) is 88.4 Å². The van der Waals surface area contributed by atoms with Crippen molar-refractivity contribution in [3.8, 4) is 0 Å². The molecule has 1 heterocycles. The molecule has 140 valence electrons. The fraction of sp³-hybridized carbons (Fsp3) is 0.238. The number of benzene rings is 2. The van der Waals surface area contributed by atoms with Crippen molar-refractivity contribution in [1.29, 1.82) is 0 Å². The number of esters is 1. The van der Waals surface area contributed by atoms with E-state index in [0.717, 1.165) is 18.4 Å². The number of halogens is 2. The van der Waals surface area contributed by atoms with Gasteiger partial charge in [0.15, 0.2) is 0 Å². The number of aromatic nitrogens is 2. The standard InChI is InChI=1S/C21H20Cl2N2O2/c22-17-9-10-18(19(23)13-17)20(14-25-12-11-24-15-25)27-21(26)8-4-7-16-5-2-1-3-6-16/h1-3,5-6,9-13,15,20H,4,7-8,14H2. The van der Waals surface area contributed by atoms with Crippen LogP contribution in [0.3, 0.4) is 0 Å². The van der Waals surface area contributed by atoms with Gasteiger partial charge in [0, 0.05) is 34.4 Å². The molecule has 6 heteroatoms. The van der Waals surface area contributed by atoms with E-state index in [9.17, 15) is 4.79 Å². The quantitative estimate of drug-likeness (QED) is 0.467. The Kier molecular flexibility index (Phi) is 6.91. The second-order valence-corrected chi connectivity index (χ2v) is 7.09. The highest BCUT2D eigenvalue weighted by atomic mass is 35.5. The molecular weight excluding hydrogens is 383 g/mol. The topological polar surface area (TPSA) is 44.1 Å². The normalized spacial score (nSPS) is 11.9. The number of ether oxygens (including phenoxy) is 1. The molecule has 1 unspecified atom stereocenters. The summed E-state index contributed by atoms with van der Waals surface area (Å²) < 4.78 is 7.61. The van der Waals surface area contributed by atoms with Gasteiger partial charge in [-0.1, -0.05) is 59.6 Å². The molecule has 4 nitrogen and oxygen atoms in total. The molecule has 0 spiro atoms. The first-order valence-corrected chi connectivity index (χ1v) is 9.51. The predicted octanol–water partition coefficient (Wildman–Crippen LogP) is 5.50. The maximum absolute atomic E-state index is 12.4. The molecule has 0 amide bonds. The molecule has 3 rings (SSSR count). The van der Waals surface area contributed by atoms with Gasteiger partial charge < -0.3 is 9.30 Å². The van der Waals surface area contributed by atoms with E-state index in [-0.39, 0.29) is 5.97 Å². The summed E-state index contributed by atoms with van der Waals surface area (Å²) in [5.41, 5.74) is 1.94. The van der Waals surface area contributed by atoms with Crippen LogP contribution in [0, 0.1) is 0 Å². The number of hydrogen-bond acceptors (Lipinski definition) is 3. The van der Waals surface area contributed by atoms with Gasteiger partial charge in [-0.2, -0.15) is 0 Å². The van der Waals surface area contributed by atoms with E-state index in [1.54, 1.807) is 30.7 Å². The Labute approximate surface area is 168 Å². The maximum atomic E-state index is 12.4. The van der Waals surface area contributed by atoms with E-state index in [2.05, 4.69) is 17.1 Å². The Hall–Kier alpha value is -2.30. The molecule has 0 aliphatic rings. The zero-order valence-corrected chi connectivity index (χ0v) is 16.2. The highest BCUT2D eigenvalue weighted by Crippen LogP contribution is 2.30. The highest BCUT2D eigenvalue weighted by molar-refractivity contribution is 6.35. The lowest BCUT2D eigenvalue weighted by atomic mass is 10.1. The van der Waals surface area contributed by atoms with E-state index < -0.39 is 6.10 Å². The summed E-state index contributed by atoms with van der Waals surface area (Å²) in [6.07, 6.45) is 6.59. The van der Waals surface area contributed by atoms with Gasteiger partial charge >= 0.3 is 5.97 Å².